The lowest BCUT2D eigenvalue weighted by Gasteiger charge is -2.22. The standard InChI is InChI=1S/C27H30N6O6.C2HF3O2/c1-4-38-23-15-18(10-13-22(23)39-16(2)3)24(30-20-11-8-17(9-12-20)25(28)29)27(35)32-31-26(34)19-6-5-7-21(14-19)33(36)37;3-2(4,5)1(6)7/h5-16,24,30H,4H2,1-3H3,(H3,28,29)(H,31,34)(H,32,35);(H,6,7). The summed E-state index contributed by atoms with van der Waals surface area (Å²) in [6.07, 6.45) is -5.18. The number of carboxylic acid groups (broad SMARTS) is 1. The average molecular weight is 649 g/mol. The summed E-state index contributed by atoms with van der Waals surface area (Å²) in [5, 5.41) is 28.9. The number of anilines is 1. The second kappa shape index (κ2) is 16.3. The van der Waals surface area contributed by atoms with Gasteiger partial charge in [-0.25, -0.2) is 4.79 Å². The first-order valence-corrected chi connectivity index (χ1v) is 13.3. The lowest BCUT2D eigenvalue weighted by Crippen LogP contribution is -2.45. The number of hydrogen-bond donors (Lipinski definition) is 6. The number of hydrazine groups is 1. The van der Waals surface area contributed by atoms with Crippen LogP contribution in [-0.4, -0.2) is 52.5 Å². The lowest BCUT2D eigenvalue weighted by atomic mass is 10.0. The number of hydrogen-bond acceptors (Lipinski definition) is 9. The number of aliphatic carboxylic acids is 1. The quantitative estimate of drug-likeness (QED) is 0.0749. The van der Waals surface area contributed by atoms with Gasteiger partial charge in [-0.2, -0.15) is 13.2 Å². The maximum absolute atomic E-state index is 13.3. The van der Waals surface area contributed by atoms with Crippen molar-refractivity contribution in [3.05, 3.63) is 93.5 Å². The molecule has 2 amide bonds. The molecule has 3 aromatic carbocycles. The number of alkyl halides is 3. The fraction of sp³-hybridized carbons (Fsp3) is 0.241. The smallest absolute Gasteiger partial charge is 0.490 e. The zero-order valence-corrected chi connectivity index (χ0v) is 24.7. The van der Waals surface area contributed by atoms with E-state index in [1.807, 2.05) is 20.8 Å². The molecule has 3 aromatic rings. The first-order chi connectivity index (χ1) is 21.5. The van der Waals surface area contributed by atoms with Crippen molar-refractivity contribution in [3.8, 4) is 11.5 Å². The zero-order valence-electron chi connectivity index (χ0n) is 24.7. The molecule has 0 heterocycles. The molecular weight excluding hydrogens is 617 g/mol. The summed E-state index contributed by atoms with van der Waals surface area (Å²) in [4.78, 5) is 45.3. The van der Waals surface area contributed by atoms with Crippen LogP contribution in [0.15, 0.2) is 66.7 Å². The van der Waals surface area contributed by atoms with Crippen molar-refractivity contribution >= 4 is 35.0 Å². The molecule has 1 unspecified atom stereocenters. The number of nitro benzene ring substituents is 1. The second-order valence-electron chi connectivity index (χ2n) is 9.43. The Morgan fingerprint density at radius 2 is 1.63 bits per heavy atom. The van der Waals surface area contributed by atoms with Gasteiger partial charge in [0.2, 0.25) is 0 Å². The number of benzene rings is 3. The van der Waals surface area contributed by atoms with Gasteiger partial charge in [0.15, 0.2) is 11.5 Å². The summed E-state index contributed by atoms with van der Waals surface area (Å²) >= 11 is 0. The van der Waals surface area contributed by atoms with E-state index in [0.717, 1.165) is 6.07 Å². The molecule has 46 heavy (non-hydrogen) atoms. The molecule has 0 spiro atoms. The highest BCUT2D eigenvalue weighted by molar-refractivity contribution is 5.97. The molecule has 0 fully saturated rings. The third-order valence-electron chi connectivity index (χ3n) is 5.59. The molecule has 14 nitrogen and oxygen atoms in total. The van der Waals surface area contributed by atoms with E-state index in [9.17, 15) is 32.9 Å². The number of halogens is 3. The summed E-state index contributed by atoms with van der Waals surface area (Å²) in [7, 11) is 0. The molecule has 0 aromatic heterocycles. The van der Waals surface area contributed by atoms with Gasteiger partial charge in [-0.1, -0.05) is 12.1 Å². The highest BCUT2D eigenvalue weighted by Gasteiger charge is 2.38. The number of rotatable bonds is 11. The van der Waals surface area contributed by atoms with Gasteiger partial charge in [0.25, 0.3) is 17.5 Å². The van der Waals surface area contributed by atoms with Gasteiger partial charge in [-0.05, 0) is 68.8 Å². The normalized spacial score (nSPS) is 11.3. The molecule has 0 aliphatic carbocycles. The van der Waals surface area contributed by atoms with Crippen molar-refractivity contribution in [1.29, 1.82) is 5.41 Å². The summed E-state index contributed by atoms with van der Waals surface area (Å²) < 4.78 is 43.3. The second-order valence-corrected chi connectivity index (χ2v) is 9.43. The summed E-state index contributed by atoms with van der Waals surface area (Å²) in [6, 6.07) is 15.8. The molecule has 0 saturated carbocycles. The van der Waals surface area contributed by atoms with Crippen molar-refractivity contribution in [2.45, 2.75) is 39.1 Å². The Balaban J connectivity index is 0.000000942. The van der Waals surface area contributed by atoms with Crippen LogP contribution < -0.4 is 31.4 Å². The maximum Gasteiger partial charge on any atom is 0.490 e. The number of nitrogens with zero attached hydrogens (tertiary/aromatic N) is 1. The summed E-state index contributed by atoms with van der Waals surface area (Å²) in [5.74, 6) is -3.25. The van der Waals surface area contributed by atoms with Crippen molar-refractivity contribution in [3.63, 3.8) is 0 Å². The number of amidine groups is 1. The number of nitrogen functional groups attached to an aromatic ring is 1. The number of nitro groups is 1. The molecule has 3 rings (SSSR count). The molecule has 0 saturated heterocycles. The Morgan fingerprint density at radius 3 is 2.15 bits per heavy atom. The Hall–Kier alpha value is -5.87. The Labute approximate surface area is 260 Å². The predicted octanol–water partition coefficient (Wildman–Crippen LogP) is 4.31. The van der Waals surface area contributed by atoms with E-state index in [1.165, 1.54) is 18.2 Å². The fourth-order valence-corrected chi connectivity index (χ4v) is 3.56. The van der Waals surface area contributed by atoms with Gasteiger partial charge in [0.05, 0.1) is 17.6 Å². The van der Waals surface area contributed by atoms with E-state index in [4.69, 9.17) is 30.5 Å². The first kappa shape index (κ1) is 36.3. The third-order valence-corrected chi connectivity index (χ3v) is 5.59. The largest absolute Gasteiger partial charge is 0.490 e. The monoisotopic (exact) mass is 648 g/mol. The van der Waals surface area contributed by atoms with Crippen LogP contribution >= 0.6 is 0 Å². The topological polar surface area (TPSA) is 219 Å². The molecule has 0 bridgehead atoms. The van der Waals surface area contributed by atoms with E-state index in [1.54, 1.807) is 42.5 Å². The number of carbonyl (C=O) groups excluding carboxylic acids is 2. The Kier molecular flexibility index (Phi) is 12.8. The van der Waals surface area contributed by atoms with Crippen LogP contribution in [0.5, 0.6) is 11.5 Å². The molecule has 1 atom stereocenters. The van der Waals surface area contributed by atoms with Crippen LogP contribution in [0, 0.1) is 15.5 Å². The van der Waals surface area contributed by atoms with Gasteiger partial charge in [0, 0.05) is 28.9 Å². The SMILES string of the molecule is CCOc1cc(C(Nc2ccc(C(=N)N)cc2)C(=O)NNC(=O)c2cccc([N+](=O)[O-])c2)ccc1OC(C)C.O=C(O)C(F)(F)F. The van der Waals surface area contributed by atoms with Crippen molar-refractivity contribution in [2.24, 2.45) is 5.73 Å². The highest BCUT2D eigenvalue weighted by Crippen LogP contribution is 2.33. The number of nitrogens with one attached hydrogen (secondary N) is 4. The highest BCUT2D eigenvalue weighted by atomic mass is 19.4. The van der Waals surface area contributed by atoms with E-state index >= 15 is 0 Å². The van der Waals surface area contributed by atoms with Crippen LogP contribution in [0.4, 0.5) is 24.5 Å². The van der Waals surface area contributed by atoms with Crippen LogP contribution in [0.1, 0.15) is 48.3 Å². The van der Waals surface area contributed by atoms with E-state index in [2.05, 4.69) is 16.2 Å². The number of ether oxygens (including phenoxy) is 2. The van der Waals surface area contributed by atoms with E-state index in [-0.39, 0.29) is 23.2 Å². The molecule has 0 aliphatic rings. The summed E-state index contributed by atoms with van der Waals surface area (Å²) in [5.41, 5.74) is 11.5. The fourth-order valence-electron chi connectivity index (χ4n) is 3.56. The number of carboxylic acids is 1. The average Bonchev–Trinajstić information content (AvgIpc) is 2.99. The van der Waals surface area contributed by atoms with E-state index in [0.29, 0.717) is 34.9 Å². The zero-order chi connectivity index (χ0) is 34.6. The van der Waals surface area contributed by atoms with Crippen molar-refractivity contribution in [2.75, 3.05) is 11.9 Å². The van der Waals surface area contributed by atoms with Gasteiger partial charge >= 0.3 is 12.1 Å². The molecule has 7 N–H and O–H groups in total. The third kappa shape index (κ3) is 11.0. The maximum atomic E-state index is 13.3. The van der Waals surface area contributed by atoms with Crippen LogP contribution in [0.2, 0.25) is 0 Å². The minimum absolute atomic E-state index is 0.00245. The number of nitrogens with two attached hydrogens (primary N) is 1. The van der Waals surface area contributed by atoms with Gasteiger partial charge < -0.3 is 25.6 Å². The summed E-state index contributed by atoms with van der Waals surface area (Å²) in [6.45, 7) is 5.97. The molecular formula is C29H31F3N6O8. The van der Waals surface area contributed by atoms with Crippen LogP contribution in [0.25, 0.3) is 0 Å². The van der Waals surface area contributed by atoms with Crippen LogP contribution in [-0.2, 0) is 9.59 Å². The lowest BCUT2D eigenvalue weighted by molar-refractivity contribution is -0.384. The number of amides is 2. The molecule has 0 radical (unpaired) electrons. The predicted molar refractivity (Wildman–Crippen MR) is 160 cm³/mol. The Bertz CT molecular complexity index is 1570. The first-order valence-electron chi connectivity index (χ1n) is 13.3. The molecule has 17 heteroatoms. The van der Waals surface area contributed by atoms with E-state index < -0.39 is 34.9 Å². The van der Waals surface area contributed by atoms with Gasteiger partial charge in [-0.3, -0.25) is 36.0 Å². The van der Waals surface area contributed by atoms with Crippen molar-refractivity contribution < 1.29 is 47.1 Å². The van der Waals surface area contributed by atoms with Crippen molar-refractivity contribution in [1.82, 2.24) is 10.9 Å². The Morgan fingerprint density at radius 1 is 1.00 bits per heavy atom. The molecule has 246 valence electrons. The van der Waals surface area contributed by atoms with Crippen LogP contribution in [0.3, 0.4) is 0 Å². The number of non-ortho nitro benzene ring substituents is 1. The molecule has 0 aliphatic heterocycles. The number of carbonyl (C=O) groups is 3. The minimum atomic E-state index is -5.08. The minimum Gasteiger partial charge on any atom is -0.490 e. The van der Waals surface area contributed by atoms with Gasteiger partial charge in [-0.15, -0.1) is 0 Å². The van der Waals surface area contributed by atoms with Gasteiger partial charge in [0.1, 0.15) is 11.9 Å².